The number of nitrogens with zero attached hydrogens (tertiary/aromatic N) is 2. The second-order valence-corrected chi connectivity index (χ2v) is 7.24. The third-order valence-electron chi connectivity index (χ3n) is 4.48. The predicted octanol–water partition coefficient (Wildman–Crippen LogP) is 1.95. The molecule has 0 aromatic heterocycles. The molecule has 0 bridgehead atoms. The summed E-state index contributed by atoms with van der Waals surface area (Å²) < 4.78 is 17.2. The van der Waals surface area contributed by atoms with E-state index in [2.05, 4.69) is 45.3 Å². The minimum Gasteiger partial charge on any atom is -0.454 e. The van der Waals surface area contributed by atoms with Gasteiger partial charge in [0.15, 0.2) is 17.5 Å². The second-order valence-electron chi connectivity index (χ2n) is 6.38. The summed E-state index contributed by atoms with van der Waals surface area (Å²) in [7, 11) is 0. The van der Waals surface area contributed by atoms with E-state index in [4.69, 9.17) is 19.2 Å². The number of nitrogens with one attached hydrogen (secondary N) is 2. The summed E-state index contributed by atoms with van der Waals surface area (Å²) in [4.78, 5) is 7.14. The maximum Gasteiger partial charge on any atom is 0.231 e. The van der Waals surface area contributed by atoms with Crippen LogP contribution >= 0.6 is 15.9 Å². The molecule has 3 rings (SSSR count). The second kappa shape index (κ2) is 9.43. The van der Waals surface area contributed by atoms with Crippen LogP contribution in [0, 0.1) is 0 Å². The number of benzene rings is 1. The largest absolute Gasteiger partial charge is 0.454 e. The first-order valence-electron chi connectivity index (χ1n) is 9.09. The first-order valence-corrected chi connectivity index (χ1v) is 9.88. The van der Waals surface area contributed by atoms with Gasteiger partial charge in [0.05, 0.1) is 24.2 Å². The van der Waals surface area contributed by atoms with Crippen molar-refractivity contribution in [1.29, 1.82) is 0 Å². The van der Waals surface area contributed by atoms with E-state index >= 15 is 0 Å². The maximum absolute atomic E-state index is 5.47. The Morgan fingerprint density at radius 2 is 2.08 bits per heavy atom. The van der Waals surface area contributed by atoms with E-state index < -0.39 is 0 Å². The van der Waals surface area contributed by atoms with Crippen molar-refractivity contribution in [2.45, 2.75) is 26.4 Å². The topological polar surface area (TPSA) is 67.4 Å². The summed E-state index contributed by atoms with van der Waals surface area (Å²) >= 11 is 3.53. The molecule has 1 unspecified atom stereocenters. The molecule has 26 heavy (non-hydrogen) atoms. The number of morpholine rings is 1. The molecule has 1 saturated heterocycles. The number of halogens is 1. The highest BCUT2D eigenvalue weighted by Crippen LogP contribution is 2.40. The van der Waals surface area contributed by atoms with Crippen LogP contribution in [-0.4, -0.2) is 63.1 Å². The monoisotopic (exact) mass is 426 g/mol. The van der Waals surface area contributed by atoms with E-state index in [-0.39, 0.29) is 6.79 Å². The lowest BCUT2D eigenvalue weighted by molar-refractivity contribution is 0.0211. The van der Waals surface area contributed by atoms with Crippen LogP contribution in [0.1, 0.15) is 19.4 Å². The molecule has 2 heterocycles. The molecule has 1 fully saturated rings. The van der Waals surface area contributed by atoms with Gasteiger partial charge in [-0.25, -0.2) is 4.99 Å². The molecule has 2 aliphatic rings. The molecule has 0 radical (unpaired) electrons. The third-order valence-corrected chi connectivity index (χ3v) is 5.07. The molecule has 2 aliphatic heterocycles. The Labute approximate surface area is 163 Å². The van der Waals surface area contributed by atoms with Crippen molar-refractivity contribution in [3.8, 4) is 11.5 Å². The van der Waals surface area contributed by atoms with Gasteiger partial charge in [0.25, 0.3) is 0 Å². The number of ether oxygens (including phenoxy) is 3. The molecule has 8 heteroatoms. The van der Waals surface area contributed by atoms with Crippen LogP contribution in [0.2, 0.25) is 0 Å². The van der Waals surface area contributed by atoms with Gasteiger partial charge in [0.2, 0.25) is 6.79 Å². The smallest absolute Gasteiger partial charge is 0.231 e. The number of fused-ring (bicyclic) bond motifs is 1. The van der Waals surface area contributed by atoms with Gasteiger partial charge in [-0.3, -0.25) is 4.90 Å². The van der Waals surface area contributed by atoms with Crippen molar-refractivity contribution >= 4 is 21.9 Å². The van der Waals surface area contributed by atoms with Crippen molar-refractivity contribution in [2.24, 2.45) is 4.99 Å². The van der Waals surface area contributed by atoms with E-state index in [9.17, 15) is 0 Å². The van der Waals surface area contributed by atoms with Crippen LogP contribution < -0.4 is 20.1 Å². The van der Waals surface area contributed by atoms with Gasteiger partial charge in [-0.2, -0.15) is 0 Å². The van der Waals surface area contributed by atoms with Crippen molar-refractivity contribution in [2.75, 3.05) is 46.2 Å². The Kier molecular flexibility index (Phi) is 6.99. The normalized spacial score (nSPS) is 18.7. The fraction of sp³-hybridized carbons (Fsp3) is 0.611. The quantitative estimate of drug-likeness (QED) is 0.535. The Morgan fingerprint density at radius 3 is 2.85 bits per heavy atom. The lowest BCUT2D eigenvalue weighted by Gasteiger charge is -2.32. The highest BCUT2D eigenvalue weighted by atomic mass is 79.9. The lowest BCUT2D eigenvalue weighted by atomic mass is 10.2. The zero-order chi connectivity index (χ0) is 18.4. The van der Waals surface area contributed by atoms with Gasteiger partial charge in [-0.15, -0.1) is 0 Å². The van der Waals surface area contributed by atoms with E-state index in [0.717, 1.165) is 66.9 Å². The summed E-state index contributed by atoms with van der Waals surface area (Å²) in [5, 5.41) is 6.75. The lowest BCUT2D eigenvalue weighted by Crippen LogP contribution is -2.49. The zero-order valence-electron chi connectivity index (χ0n) is 15.4. The number of aliphatic imine (C=N–C) groups is 1. The molecule has 0 aliphatic carbocycles. The number of hydrogen-bond donors (Lipinski definition) is 2. The van der Waals surface area contributed by atoms with Crippen LogP contribution in [0.4, 0.5) is 0 Å². The van der Waals surface area contributed by atoms with Crippen LogP contribution in [0.5, 0.6) is 11.5 Å². The van der Waals surface area contributed by atoms with Crippen molar-refractivity contribution in [3.63, 3.8) is 0 Å². The standard InChI is InChI=1S/C18H27BrN4O3/c1-3-20-18(21-10-13(2)23-4-6-24-7-5-23)22-11-14-8-15(19)17-16(9-14)25-12-26-17/h8-9,13H,3-7,10-12H2,1-2H3,(H2,20,21,22). The number of hydrogen-bond acceptors (Lipinski definition) is 5. The summed E-state index contributed by atoms with van der Waals surface area (Å²) in [5.41, 5.74) is 1.07. The number of guanidine groups is 1. The first kappa shape index (κ1) is 19.3. The fourth-order valence-electron chi connectivity index (χ4n) is 3.02. The minimum atomic E-state index is 0.268. The summed E-state index contributed by atoms with van der Waals surface area (Å²) in [5.74, 6) is 2.35. The van der Waals surface area contributed by atoms with Crippen LogP contribution in [-0.2, 0) is 11.3 Å². The van der Waals surface area contributed by atoms with Gasteiger partial charge < -0.3 is 24.8 Å². The number of rotatable bonds is 6. The molecule has 0 saturated carbocycles. The predicted molar refractivity (Wildman–Crippen MR) is 105 cm³/mol. The molecule has 7 nitrogen and oxygen atoms in total. The van der Waals surface area contributed by atoms with Crippen molar-refractivity contribution < 1.29 is 14.2 Å². The molecule has 1 atom stereocenters. The van der Waals surface area contributed by atoms with Crippen molar-refractivity contribution in [3.05, 3.63) is 22.2 Å². The van der Waals surface area contributed by atoms with Gasteiger partial charge in [-0.1, -0.05) is 0 Å². The zero-order valence-corrected chi connectivity index (χ0v) is 17.0. The Hall–Kier alpha value is -1.51. The van der Waals surface area contributed by atoms with Crippen LogP contribution in [0.15, 0.2) is 21.6 Å². The van der Waals surface area contributed by atoms with Gasteiger partial charge in [0.1, 0.15) is 0 Å². The van der Waals surface area contributed by atoms with Gasteiger partial charge >= 0.3 is 0 Å². The molecule has 144 valence electrons. The van der Waals surface area contributed by atoms with Crippen LogP contribution in [0.3, 0.4) is 0 Å². The average Bonchev–Trinajstić information content (AvgIpc) is 3.13. The molecule has 1 aromatic rings. The molecule has 0 amide bonds. The van der Waals surface area contributed by atoms with E-state index in [1.165, 1.54) is 0 Å². The molecular weight excluding hydrogens is 400 g/mol. The Morgan fingerprint density at radius 1 is 1.27 bits per heavy atom. The molecule has 2 N–H and O–H groups in total. The van der Waals surface area contributed by atoms with Gasteiger partial charge in [0, 0.05) is 32.2 Å². The van der Waals surface area contributed by atoms with E-state index in [1.54, 1.807) is 0 Å². The minimum absolute atomic E-state index is 0.268. The van der Waals surface area contributed by atoms with E-state index in [1.807, 2.05) is 12.1 Å². The van der Waals surface area contributed by atoms with Crippen molar-refractivity contribution in [1.82, 2.24) is 15.5 Å². The molecule has 0 spiro atoms. The Balaban J connectivity index is 1.57. The SMILES string of the molecule is CCNC(=NCc1cc(Br)c2c(c1)OCO2)NCC(C)N1CCOCC1. The van der Waals surface area contributed by atoms with Crippen LogP contribution in [0.25, 0.3) is 0 Å². The summed E-state index contributed by atoms with van der Waals surface area (Å²) in [6.45, 7) is 10.4. The Bertz CT molecular complexity index is 635. The summed E-state index contributed by atoms with van der Waals surface area (Å²) in [6, 6.07) is 4.44. The fourth-order valence-corrected chi connectivity index (χ4v) is 3.62. The molecular formula is C18H27BrN4O3. The highest BCUT2D eigenvalue weighted by molar-refractivity contribution is 9.10. The first-order chi connectivity index (χ1) is 12.7. The highest BCUT2D eigenvalue weighted by Gasteiger charge is 2.18. The van der Waals surface area contributed by atoms with Gasteiger partial charge in [-0.05, 0) is 47.5 Å². The third kappa shape index (κ3) is 5.02. The molecule has 1 aromatic carbocycles. The van der Waals surface area contributed by atoms with E-state index in [0.29, 0.717) is 12.6 Å². The maximum atomic E-state index is 5.47. The average molecular weight is 427 g/mol. The summed E-state index contributed by atoms with van der Waals surface area (Å²) in [6.07, 6.45) is 0.